The van der Waals surface area contributed by atoms with E-state index in [2.05, 4.69) is 16.9 Å². The van der Waals surface area contributed by atoms with Gasteiger partial charge in [0.25, 0.3) is 5.91 Å². The van der Waals surface area contributed by atoms with Gasteiger partial charge in [0.2, 0.25) is 6.10 Å². The molecule has 2 heterocycles. The van der Waals surface area contributed by atoms with Crippen LogP contribution in [0, 0.1) is 6.92 Å². The Labute approximate surface area is 204 Å². The van der Waals surface area contributed by atoms with Gasteiger partial charge in [-0.3, -0.25) is 9.69 Å². The fourth-order valence-corrected chi connectivity index (χ4v) is 4.08. The number of ether oxygens (including phenoxy) is 2. The van der Waals surface area contributed by atoms with Gasteiger partial charge in [-0.25, -0.2) is 4.68 Å². The zero-order chi connectivity index (χ0) is 24.2. The topological polar surface area (TPSA) is 69.5 Å². The van der Waals surface area contributed by atoms with Crippen LogP contribution in [0.3, 0.4) is 0 Å². The molecule has 5 rings (SSSR count). The zero-order valence-electron chi connectivity index (χ0n) is 19.4. The van der Waals surface area contributed by atoms with Gasteiger partial charge in [0.1, 0.15) is 29.8 Å². The SMILES string of the molecule is C=CCn1cc(COc2ccc([C@@H]3[C@H](Oc4ccccc4)C(=O)N3c3ccc(C)cc3)cc2)nn1. The lowest BCUT2D eigenvalue weighted by molar-refractivity contribution is -0.135. The van der Waals surface area contributed by atoms with Gasteiger partial charge in [-0.1, -0.05) is 59.3 Å². The fourth-order valence-electron chi connectivity index (χ4n) is 4.08. The molecule has 0 spiro atoms. The van der Waals surface area contributed by atoms with Crippen molar-refractivity contribution in [1.29, 1.82) is 0 Å². The van der Waals surface area contributed by atoms with Crippen molar-refractivity contribution in [3.05, 3.63) is 115 Å². The van der Waals surface area contributed by atoms with E-state index in [0.717, 1.165) is 22.5 Å². The summed E-state index contributed by atoms with van der Waals surface area (Å²) in [5.74, 6) is 1.31. The van der Waals surface area contributed by atoms with Gasteiger partial charge in [-0.05, 0) is 48.9 Å². The predicted molar refractivity (Wildman–Crippen MR) is 133 cm³/mol. The molecule has 2 atom stereocenters. The molecular weight excluding hydrogens is 440 g/mol. The molecule has 7 nitrogen and oxygen atoms in total. The van der Waals surface area contributed by atoms with Crippen molar-refractivity contribution in [3.8, 4) is 11.5 Å². The number of aryl methyl sites for hydroxylation is 1. The van der Waals surface area contributed by atoms with Gasteiger partial charge in [0, 0.05) is 5.69 Å². The van der Waals surface area contributed by atoms with Crippen molar-refractivity contribution in [1.82, 2.24) is 15.0 Å². The summed E-state index contributed by atoms with van der Waals surface area (Å²) in [6.45, 7) is 6.64. The number of hydrogen-bond donors (Lipinski definition) is 0. The van der Waals surface area contributed by atoms with Gasteiger partial charge in [-0.15, -0.1) is 11.7 Å². The van der Waals surface area contributed by atoms with E-state index in [4.69, 9.17) is 9.47 Å². The molecule has 1 aromatic heterocycles. The van der Waals surface area contributed by atoms with Gasteiger partial charge in [0.05, 0.1) is 12.7 Å². The Morgan fingerprint density at radius 3 is 2.43 bits per heavy atom. The van der Waals surface area contributed by atoms with E-state index in [-0.39, 0.29) is 11.9 Å². The monoisotopic (exact) mass is 466 g/mol. The minimum atomic E-state index is -0.606. The largest absolute Gasteiger partial charge is 0.487 e. The van der Waals surface area contributed by atoms with Crippen molar-refractivity contribution in [3.63, 3.8) is 0 Å². The van der Waals surface area contributed by atoms with Crippen LogP contribution in [0.1, 0.15) is 22.9 Å². The summed E-state index contributed by atoms with van der Waals surface area (Å²) < 4.78 is 13.7. The van der Waals surface area contributed by atoms with Crippen LogP contribution in [-0.2, 0) is 17.9 Å². The first-order chi connectivity index (χ1) is 17.1. The number of benzene rings is 3. The van der Waals surface area contributed by atoms with Crippen LogP contribution in [0.4, 0.5) is 5.69 Å². The molecule has 7 heteroatoms. The number of carbonyl (C=O) groups is 1. The van der Waals surface area contributed by atoms with Crippen molar-refractivity contribution >= 4 is 11.6 Å². The lowest BCUT2D eigenvalue weighted by Crippen LogP contribution is -2.61. The van der Waals surface area contributed by atoms with E-state index in [9.17, 15) is 4.79 Å². The van der Waals surface area contributed by atoms with E-state index in [1.807, 2.05) is 92.0 Å². The number of aromatic nitrogens is 3. The molecule has 0 unspecified atom stereocenters. The van der Waals surface area contributed by atoms with E-state index < -0.39 is 6.10 Å². The maximum Gasteiger partial charge on any atom is 0.271 e. The maximum absolute atomic E-state index is 13.2. The quantitative estimate of drug-likeness (QED) is 0.260. The number of nitrogens with zero attached hydrogens (tertiary/aromatic N) is 4. The van der Waals surface area contributed by atoms with Crippen molar-refractivity contribution in [2.24, 2.45) is 0 Å². The summed E-state index contributed by atoms with van der Waals surface area (Å²) in [5.41, 5.74) is 3.70. The molecule has 176 valence electrons. The molecule has 4 aromatic rings. The van der Waals surface area contributed by atoms with Crippen molar-refractivity contribution in [2.45, 2.75) is 32.2 Å². The minimum Gasteiger partial charge on any atom is -0.487 e. The molecule has 1 aliphatic rings. The number of allylic oxidation sites excluding steroid dienone is 1. The predicted octanol–water partition coefficient (Wildman–Crippen LogP) is 4.89. The average Bonchev–Trinajstić information content (AvgIpc) is 3.34. The number of para-hydroxylation sites is 1. The van der Waals surface area contributed by atoms with E-state index in [1.165, 1.54) is 0 Å². The first-order valence-corrected chi connectivity index (χ1v) is 11.5. The Morgan fingerprint density at radius 1 is 0.971 bits per heavy atom. The average molecular weight is 467 g/mol. The molecule has 0 bridgehead atoms. The molecule has 0 radical (unpaired) electrons. The van der Waals surface area contributed by atoms with Crippen LogP contribution < -0.4 is 14.4 Å². The van der Waals surface area contributed by atoms with E-state index in [1.54, 1.807) is 15.7 Å². The molecule has 1 aliphatic heterocycles. The molecule has 1 saturated heterocycles. The molecule has 3 aromatic carbocycles. The Kier molecular flexibility index (Phi) is 6.30. The molecule has 1 fully saturated rings. The third-order valence-corrected chi connectivity index (χ3v) is 5.87. The van der Waals surface area contributed by atoms with E-state index in [0.29, 0.717) is 24.7 Å². The molecule has 0 N–H and O–H groups in total. The number of hydrogen-bond acceptors (Lipinski definition) is 5. The Morgan fingerprint density at radius 2 is 1.71 bits per heavy atom. The lowest BCUT2D eigenvalue weighted by Gasteiger charge is -2.46. The summed E-state index contributed by atoms with van der Waals surface area (Å²) in [6, 6.07) is 24.9. The molecule has 35 heavy (non-hydrogen) atoms. The van der Waals surface area contributed by atoms with Gasteiger partial charge >= 0.3 is 0 Å². The number of anilines is 1. The van der Waals surface area contributed by atoms with Crippen LogP contribution in [0.2, 0.25) is 0 Å². The molecule has 0 saturated carbocycles. The van der Waals surface area contributed by atoms with Crippen LogP contribution in [0.15, 0.2) is 97.7 Å². The summed E-state index contributed by atoms with van der Waals surface area (Å²) in [7, 11) is 0. The summed E-state index contributed by atoms with van der Waals surface area (Å²) in [6.07, 6.45) is 2.99. The number of carbonyl (C=O) groups excluding carboxylic acids is 1. The number of rotatable bonds is 9. The number of amides is 1. The summed E-state index contributed by atoms with van der Waals surface area (Å²) in [4.78, 5) is 15.0. The normalized spacial score (nSPS) is 17.1. The third-order valence-electron chi connectivity index (χ3n) is 5.87. The van der Waals surface area contributed by atoms with Crippen molar-refractivity contribution < 1.29 is 14.3 Å². The standard InChI is InChI=1S/C28H26N4O3/c1-3-17-31-18-22(29-30-31)19-34-24-15-11-21(12-16-24)26-27(35-25-7-5-4-6-8-25)28(33)32(26)23-13-9-20(2)10-14-23/h3-16,18,26-27H,1,17,19H2,2H3/t26-,27+/m1/s1. The third kappa shape index (κ3) is 4.80. The first kappa shape index (κ1) is 22.4. The highest BCUT2D eigenvalue weighted by Crippen LogP contribution is 2.41. The Bertz CT molecular complexity index is 1300. The fraction of sp³-hybridized carbons (Fsp3) is 0.179. The Hall–Kier alpha value is -4.39. The smallest absolute Gasteiger partial charge is 0.271 e. The van der Waals surface area contributed by atoms with Gasteiger partial charge in [-0.2, -0.15) is 0 Å². The first-order valence-electron chi connectivity index (χ1n) is 11.5. The van der Waals surface area contributed by atoms with Crippen LogP contribution in [0.25, 0.3) is 0 Å². The molecular formula is C28H26N4O3. The van der Waals surface area contributed by atoms with E-state index >= 15 is 0 Å². The second kappa shape index (κ2) is 9.85. The highest BCUT2D eigenvalue weighted by Gasteiger charge is 2.51. The van der Waals surface area contributed by atoms with Crippen LogP contribution in [0.5, 0.6) is 11.5 Å². The van der Waals surface area contributed by atoms with Crippen LogP contribution >= 0.6 is 0 Å². The van der Waals surface area contributed by atoms with Crippen LogP contribution in [-0.4, -0.2) is 27.0 Å². The summed E-state index contributed by atoms with van der Waals surface area (Å²) >= 11 is 0. The maximum atomic E-state index is 13.2. The second-order valence-corrected chi connectivity index (χ2v) is 8.42. The van der Waals surface area contributed by atoms with Crippen molar-refractivity contribution in [2.75, 3.05) is 4.90 Å². The highest BCUT2D eigenvalue weighted by atomic mass is 16.5. The summed E-state index contributed by atoms with van der Waals surface area (Å²) in [5, 5.41) is 8.14. The minimum absolute atomic E-state index is 0.0642. The molecule has 0 aliphatic carbocycles. The van der Waals surface area contributed by atoms with Gasteiger partial charge < -0.3 is 9.47 Å². The molecule has 1 amide bonds. The Balaban J connectivity index is 1.34. The number of β-lactam (4-membered cyclic amide) rings is 1. The second-order valence-electron chi connectivity index (χ2n) is 8.42. The highest BCUT2D eigenvalue weighted by molar-refractivity contribution is 6.05. The van der Waals surface area contributed by atoms with Gasteiger partial charge in [0.15, 0.2) is 0 Å². The lowest BCUT2D eigenvalue weighted by atomic mass is 9.89. The zero-order valence-corrected chi connectivity index (χ0v) is 19.4.